The smallest absolute Gasteiger partial charge is 0.335 e. The molecule has 34 heavy (non-hydrogen) atoms. The van der Waals surface area contributed by atoms with Gasteiger partial charge in [-0.05, 0) is 82.7 Å². The molecule has 174 valence electrons. The Labute approximate surface area is 208 Å². The van der Waals surface area contributed by atoms with Crippen LogP contribution in [-0.2, 0) is 6.42 Å². The number of aryl methyl sites for hydroxylation is 1. The number of hydrogen-bond acceptors (Lipinski definition) is 1. The molecule has 4 aromatic carbocycles. The van der Waals surface area contributed by atoms with Gasteiger partial charge in [0, 0.05) is 5.92 Å². The first-order valence-electron chi connectivity index (χ1n) is 11.9. The average Bonchev–Trinajstić information content (AvgIpc) is 2.83. The highest BCUT2D eigenvalue weighted by Crippen LogP contribution is 2.43. The van der Waals surface area contributed by atoms with Crippen LogP contribution in [0.4, 0.5) is 0 Å². The van der Waals surface area contributed by atoms with Gasteiger partial charge in [0.15, 0.2) is 0 Å². The molecular formula is C31H31ClO2. The van der Waals surface area contributed by atoms with Gasteiger partial charge < -0.3 is 5.11 Å². The molecule has 0 amide bonds. The Balaban J connectivity index is 0.00000274. The summed E-state index contributed by atoms with van der Waals surface area (Å²) in [5.41, 5.74) is 6.53. The van der Waals surface area contributed by atoms with Gasteiger partial charge in [0.2, 0.25) is 0 Å². The van der Waals surface area contributed by atoms with Crippen LogP contribution < -0.4 is 0 Å². The fraction of sp³-hybridized carbons (Fsp3) is 0.258. The fourth-order valence-electron chi connectivity index (χ4n) is 5.80. The van der Waals surface area contributed by atoms with E-state index in [4.69, 9.17) is 0 Å². The summed E-state index contributed by atoms with van der Waals surface area (Å²) in [5.74, 6) is 0.394. The summed E-state index contributed by atoms with van der Waals surface area (Å²) in [4.78, 5) is 11.8. The zero-order chi connectivity index (χ0) is 22.9. The van der Waals surface area contributed by atoms with Crippen molar-refractivity contribution in [2.75, 3.05) is 0 Å². The van der Waals surface area contributed by atoms with Crippen LogP contribution in [0.3, 0.4) is 0 Å². The maximum atomic E-state index is 11.8. The topological polar surface area (TPSA) is 37.3 Å². The first kappa shape index (κ1) is 24.0. The number of aromatic carboxylic acids is 1. The molecule has 0 aromatic heterocycles. The summed E-state index contributed by atoms with van der Waals surface area (Å²) in [6.07, 6.45) is 3.25. The summed E-state index contributed by atoms with van der Waals surface area (Å²) < 4.78 is 0. The molecule has 0 bridgehead atoms. The van der Waals surface area contributed by atoms with Crippen LogP contribution in [0, 0.1) is 12.8 Å². The lowest BCUT2D eigenvalue weighted by molar-refractivity contribution is 0.0696. The van der Waals surface area contributed by atoms with E-state index in [1.807, 2.05) is 19.1 Å². The van der Waals surface area contributed by atoms with Gasteiger partial charge in [0.1, 0.15) is 0 Å². The van der Waals surface area contributed by atoms with Crippen molar-refractivity contribution in [3.63, 3.8) is 0 Å². The van der Waals surface area contributed by atoms with Gasteiger partial charge in [-0.2, -0.15) is 0 Å². The second-order valence-electron chi connectivity index (χ2n) is 9.64. The van der Waals surface area contributed by atoms with Gasteiger partial charge in [-0.25, -0.2) is 4.79 Å². The van der Waals surface area contributed by atoms with Crippen LogP contribution in [0.25, 0.3) is 10.8 Å². The second-order valence-corrected chi connectivity index (χ2v) is 9.64. The highest BCUT2D eigenvalue weighted by molar-refractivity contribution is 5.89. The van der Waals surface area contributed by atoms with Crippen LogP contribution >= 0.6 is 12.4 Å². The lowest BCUT2D eigenvalue weighted by Crippen LogP contribution is -2.21. The normalized spacial score (nSPS) is 18.1. The predicted molar refractivity (Wildman–Crippen MR) is 142 cm³/mol. The molecule has 0 saturated heterocycles. The van der Waals surface area contributed by atoms with Gasteiger partial charge in [0.05, 0.1) is 5.56 Å². The molecule has 3 atom stereocenters. The van der Waals surface area contributed by atoms with Crippen molar-refractivity contribution in [3.05, 3.63) is 118 Å². The van der Waals surface area contributed by atoms with Crippen molar-refractivity contribution in [2.24, 2.45) is 5.92 Å². The zero-order valence-electron chi connectivity index (χ0n) is 19.7. The number of fused-ring (bicyclic) bond motifs is 2. The predicted octanol–water partition coefficient (Wildman–Crippen LogP) is 8.16. The molecule has 1 aliphatic carbocycles. The number of carboxylic acid groups (broad SMARTS) is 1. The minimum absolute atomic E-state index is 0. The summed E-state index contributed by atoms with van der Waals surface area (Å²) in [6, 6.07) is 30.0. The van der Waals surface area contributed by atoms with Crippen LogP contribution in [0.15, 0.2) is 84.9 Å². The largest absolute Gasteiger partial charge is 0.478 e. The molecule has 2 unspecified atom stereocenters. The minimum Gasteiger partial charge on any atom is -0.478 e. The van der Waals surface area contributed by atoms with E-state index in [1.165, 1.54) is 27.5 Å². The number of benzene rings is 4. The van der Waals surface area contributed by atoms with E-state index in [0.717, 1.165) is 30.4 Å². The molecule has 1 N–H and O–H groups in total. The average molecular weight is 471 g/mol. The maximum absolute atomic E-state index is 11.8. The molecule has 0 fully saturated rings. The molecule has 0 saturated carbocycles. The quantitative estimate of drug-likeness (QED) is 0.319. The summed E-state index contributed by atoms with van der Waals surface area (Å²) in [5, 5.41) is 12.3. The van der Waals surface area contributed by atoms with Crippen molar-refractivity contribution >= 4 is 29.1 Å². The molecule has 0 spiro atoms. The van der Waals surface area contributed by atoms with Gasteiger partial charge in [-0.15, -0.1) is 12.4 Å². The minimum atomic E-state index is -0.848. The van der Waals surface area contributed by atoms with Gasteiger partial charge in [0.25, 0.3) is 0 Å². The van der Waals surface area contributed by atoms with E-state index in [9.17, 15) is 9.90 Å². The van der Waals surface area contributed by atoms with Crippen molar-refractivity contribution in [3.8, 4) is 0 Å². The second kappa shape index (κ2) is 10.0. The Bertz CT molecular complexity index is 1320. The first-order chi connectivity index (χ1) is 16.0. The molecule has 0 heterocycles. The standard InChI is InChI=1S/C31H30O2.ClH/c1-20-14-15-25(19-29(20)31(32)33)30-18-22(17-24-9-4-6-12-28(24)30)16-21(2)26-13-7-10-23-8-3-5-11-27(23)26;/h3-15,19,21-22,30H,16-18H2,1-2H3,(H,32,33);1H/t21-,22?,30?;/m0./s1. The summed E-state index contributed by atoms with van der Waals surface area (Å²) in [7, 11) is 0. The fourth-order valence-corrected chi connectivity index (χ4v) is 5.80. The molecule has 5 rings (SSSR count). The first-order valence-corrected chi connectivity index (χ1v) is 11.9. The molecule has 1 aliphatic rings. The Hall–Kier alpha value is -3.10. The molecule has 2 nitrogen and oxygen atoms in total. The van der Waals surface area contributed by atoms with Crippen LogP contribution in [-0.4, -0.2) is 11.1 Å². The maximum Gasteiger partial charge on any atom is 0.335 e. The molecule has 0 aliphatic heterocycles. The number of hydrogen-bond donors (Lipinski definition) is 1. The van der Waals surface area contributed by atoms with Crippen molar-refractivity contribution in [1.29, 1.82) is 0 Å². The van der Waals surface area contributed by atoms with Gasteiger partial charge >= 0.3 is 5.97 Å². The van der Waals surface area contributed by atoms with E-state index in [1.54, 1.807) is 0 Å². The Morgan fingerprint density at radius 2 is 1.71 bits per heavy atom. The van der Waals surface area contributed by atoms with Crippen LogP contribution in [0.5, 0.6) is 0 Å². The van der Waals surface area contributed by atoms with Crippen LogP contribution in [0.2, 0.25) is 0 Å². The van der Waals surface area contributed by atoms with Gasteiger partial charge in [-0.1, -0.05) is 85.8 Å². The molecule has 4 aromatic rings. The van der Waals surface area contributed by atoms with E-state index in [0.29, 0.717) is 17.4 Å². The van der Waals surface area contributed by atoms with E-state index < -0.39 is 5.97 Å². The number of halogens is 1. The number of carboxylic acids is 1. The number of carbonyl (C=O) groups is 1. The monoisotopic (exact) mass is 470 g/mol. The molecule has 3 heteroatoms. The summed E-state index contributed by atoms with van der Waals surface area (Å²) >= 11 is 0. The van der Waals surface area contributed by atoms with Crippen LogP contribution in [0.1, 0.15) is 69.8 Å². The Morgan fingerprint density at radius 1 is 0.971 bits per heavy atom. The highest BCUT2D eigenvalue weighted by atomic mass is 35.5. The van der Waals surface area contributed by atoms with Crippen molar-refractivity contribution in [1.82, 2.24) is 0 Å². The highest BCUT2D eigenvalue weighted by Gasteiger charge is 2.30. The number of rotatable bonds is 5. The third-order valence-corrected chi connectivity index (χ3v) is 7.44. The Morgan fingerprint density at radius 3 is 2.53 bits per heavy atom. The lowest BCUT2D eigenvalue weighted by Gasteiger charge is -2.34. The molecule has 0 radical (unpaired) electrons. The lowest BCUT2D eigenvalue weighted by atomic mass is 9.71. The molecular weight excluding hydrogens is 440 g/mol. The third-order valence-electron chi connectivity index (χ3n) is 7.44. The zero-order valence-corrected chi connectivity index (χ0v) is 20.5. The van der Waals surface area contributed by atoms with E-state index in [2.05, 4.69) is 79.7 Å². The van der Waals surface area contributed by atoms with E-state index in [-0.39, 0.29) is 18.3 Å². The third kappa shape index (κ3) is 4.60. The van der Waals surface area contributed by atoms with Gasteiger partial charge in [-0.3, -0.25) is 0 Å². The van der Waals surface area contributed by atoms with Crippen molar-refractivity contribution in [2.45, 2.75) is 44.9 Å². The van der Waals surface area contributed by atoms with E-state index >= 15 is 0 Å². The summed E-state index contributed by atoms with van der Waals surface area (Å²) in [6.45, 7) is 4.22. The van der Waals surface area contributed by atoms with Crippen molar-refractivity contribution < 1.29 is 9.90 Å². The SMILES string of the molecule is Cc1ccc(C2CC(C[C@H](C)c3cccc4ccccc34)Cc3ccccc32)cc1C(=O)O.Cl. The Kier molecular flexibility index (Phi) is 7.09.